The summed E-state index contributed by atoms with van der Waals surface area (Å²) in [6.07, 6.45) is 1.67. The van der Waals surface area contributed by atoms with Gasteiger partial charge in [-0.25, -0.2) is 4.98 Å². The number of fused-ring (bicyclic) bond motifs is 1. The summed E-state index contributed by atoms with van der Waals surface area (Å²) < 4.78 is 6.97. The van der Waals surface area contributed by atoms with Crippen molar-refractivity contribution in [3.05, 3.63) is 64.7 Å². The second-order valence-electron chi connectivity index (χ2n) is 5.94. The number of para-hydroxylation sites is 3. The average molecular weight is 351 g/mol. The van der Waals surface area contributed by atoms with Crippen LogP contribution in [0, 0.1) is 6.92 Å². The minimum atomic E-state index is -0.187. The van der Waals surface area contributed by atoms with E-state index in [2.05, 4.69) is 10.3 Å². The number of hydrogen-bond acceptors (Lipinski definition) is 4. The Labute approximate surface area is 151 Å². The number of benzene rings is 2. The number of anilines is 1. The number of carbonyl (C=O) groups excluding carboxylic acids is 1. The summed E-state index contributed by atoms with van der Waals surface area (Å²) in [6, 6.07) is 12.8. The zero-order valence-corrected chi connectivity index (χ0v) is 14.9. The molecule has 1 N–H and O–H groups in total. The van der Waals surface area contributed by atoms with Gasteiger partial charge in [0.1, 0.15) is 5.75 Å². The van der Waals surface area contributed by atoms with Gasteiger partial charge in [0.2, 0.25) is 5.91 Å². The van der Waals surface area contributed by atoms with Crippen molar-refractivity contribution in [2.24, 2.45) is 0 Å². The van der Waals surface area contributed by atoms with Crippen LogP contribution in [0.25, 0.3) is 10.9 Å². The minimum absolute atomic E-state index is 0.138. The van der Waals surface area contributed by atoms with E-state index in [1.807, 2.05) is 38.1 Å². The van der Waals surface area contributed by atoms with Crippen LogP contribution in [0.5, 0.6) is 5.75 Å². The number of nitrogens with zero attached hydrogens (tertiary/aromatic N) is 2. The lowest BCUT2D eigenvalue weighted by atomic mass is 10.1. The molecule has 3 aromatic rings. The third-order valence-electron chi connectivity index (χ3n) is 4.10. The SMILES string of the molecule is CCOc1ccccc1NC(=O)CCn1cnc2c(C)cccc2c1=O. The normalized spacial score (nSPS) is 10.7. The first-order valence-electron chi connectivity index (χ1n) is 8.56. The van der Waals surface area contributed by atoms with E-state index in [0.717, 1.165) is 5.56 Å². The smallest absolute Gasteiger partial charge is 0.261 e. The fraction of sp³-hybridized carbons (Fsp3) is 0.250. The van der Waals surface area contributed by atoms with E-state index in [4.69, 9.17) is 4.74 Å². The van der Waals surface area contributed by atoms with Crippen LogP contribution in [0.1, 0.15) is 18.9 Å². The minimum Gasteiger partial charge on any atom is -0.492 e. The first kappa shape index (κ1) is 17.7. The molecule has 0 saturated heterocycles. The largest absolute Gasteiger partial charge is 0.492 e. The van der Waals surface area contributed by atoms with Crippen molar-refractivity contribution in [3.8, 4) is 5.75 Å². The van der Waals surface area contributed by atoms with Crippen molar-refractivity contribution in [1.82, 2.24) is 9.55 Å². The number of amides is 1. The Morgan fingerprint density at radius 1 is 1.19 bits per heavy atom. The van der Waals surface area contributed by atoms with Gasteiger partial charge in [-0.2, -0.15) is 0 Å². The average Bonchev–Trinajstić information content (AvgIpc) is 2.64. The summed E-state index contributed by atoms with van der Waals surface area (Å²) in [5.74, 6) is 0.441. The van der Waals surface area contributed by atoms with Crippen LogP contribution in [0.2, 0.25) is 0 Å². The quantitative estimate of drug-likeness (QED) is 0.740. The highest BCUT2D eigenvalue weighted by Crippen LogP contribution is 2.23. The molecule has 2 aromatic carbocycles. The molecule has 0 atom stereocenters. The molecule has 1 amide bonds. The van der Waals surface area contributed by atoms with E-state index in [1.54, 1.807) is 18.2 Å². The van der Waals surface area contributed by atoms with Crippen molar-refractivity contribution in [2.45, 2.75) is 26.8 Å². The van der Waals surface area contributed by atoms with E-state index < -0.39 is 0 Å². The topological polar surface area (TPSA) is 73.2 Å². The van der Waals surface area contributed by atoms with Crippen LogP contribution in [0.3, 0.4) is 0 Å². The third-order valence-corrected chi connectivity index (χ3v) is 4.10. The summed E-state index contributed by atoms with van der Waals surface area (Å²) in [5, 5.41) is 3.40. The molecule has 0 fully saturated rings. The Morgan fingerprint density at radius 2 is 2.00 bits per heavy atom. The standard InChI is InChI=1S/C20H21N3O3/c1-3-26-17-10-5-4-9-16(17)22-18(24)11-12-23-13-21-19-14(2)7-6-8-15(19)20(23)25/h4-10,13H,3,11-12H2,1-2H3,(H,22,24). The second kappa shape index (κ2) is 7.82. The predicted octanol–water partition coefficient (Wildman–Crippen LogP) is 3.13. The van der Waals surface area contributed by atoms with Crippen LogP contribution in [0.4, 0.5) is 5.69 Å². The first-order valence-corrected chi connectivity index (χ1v) is 8.56. The van der Waals surface area contributed by atoms with E-state index in [0.29, 0.717) is 28.9 Å². The Kier molecular flexibility index (Phi) is 5.31. The maximum Gasteiger partial charge on any atom is 0.261 e. The number of aromatic nitrogens is 2. The van der Waals surface area contributed by atoms with Crippen LogP contribution in [0.15, 0.2) is 53.6 Å². The summed E-state index contributed by atoms with van der Waals surface area (Å²) in [4.78, 5) is 29.2. The molecule has 0 saturated carbocycles. The van der Waals surface area contributed by atoms with Gasteiger partial charge >= 0.3 is 0 Å². The molecule has 1 aromatic heterocycles. The maximum atomic E-state index is 12.6. The fourth-order valence-corrected chi connectivity index (χ4v) is 2.78. The molecule has 26 heavy (non-hydrogen) atoms. The predicted molar refractivity (Wildman–Crippen MR) is 102 cm³/mol. The van der Waals surface area contributed by atoms with E-state index in [1.165, 1.54) is 10.9 Å². The van der Waals surface area contributed by atoms with Crippen LogP contribution in [-0.4, -0.2) is 22.1 Å². The van der Waals surface area contributed by atoms with Crippen molar-refractivity contribution < 1.29 is 9.53 Å². The van der Waals surface area contributed by atoms with Gasteiger partial charge in [0.05, 0.1) is 29.5 Å². The summed E-state index contributed by atoms with van der Waals surface area (Å²) >= 11 is 0. The Balaban J connectivity index is 1.72. The monoisotopic (exact) mass is 351 g/mol. The van der Waals surface area contributed by atoms with Crippen LogP contribution in [-0.2, 0) is 11.3 Å². The van der Waals surface area contributed by atoms with E-state index in [-0.39, 0.29) is 24.4 Å². The van der Waals surface area contributed by atoms with E-state index >= 15 is 0 Å². The lowest BCUT2D eigenvalue weighted by Gasteiger charge is -2.12. The number of aryl methyl sites for hydroxylation is 2. The summed E-state index contributed by atoms with van der Waals surface area (Å²) in [6.45, 7) is 4.59. The number of ether oxygens (including phenoxy) is 1. The molecule has 6 heteroatoms. The van der Waals surface area contributed by atoms with Crippen LogP contribution >= 0.6 is 0 Å². The molecule has 0 aliphatic heterocycles. The number of nitrogens with one attached hydrogen (secondary N) is 1. The molecule has 0 unspecified atom stereocenters. The zero-order valence-electron chi connectivity index (χ0n) is 14.9. The van der Waals surface area contributed by atoms with Gasteiger partial charge in [0.15, 0.2) is 0 Å². The highest BCUT2D eigenvalue weighted by Gasteiger charge is 2.10. The van der Waals surface area contributed by atoms with Gasteiger partial charge in [-0.15, -0.1) is 0 Å². The van der Waals surface area contributed by atoms with Gasteiger partial charge in [-0.05, 0) is 37.6 Å². The molecule has 3 rings (SSSR count). The molecule has 0 spiro atoms. The molecule has 0 aliphatic carbocycles. The van der Waals surface area contributed by atoms with Crippen molar-refractivity contribution >= 4 is 22.5 Å². The van der Waals surface area contributed by atoms with Gasteiger partial charge in [-0.1, -0.05) is 24.3 Å². The lowest BCUT2D eigenvalue weighted by Crippen LogP contribution is -2.24. The van der Waals surface area contributed by atoms with Gasteiger partial charge in [-0.3, -0.25) is 14.2 Å². The Bertz CT molecular complexity index is 995. The first-order chi connectivity index (χ1) is 12.6. The fourth-order valence-electron chi connectivity index (χ4n) is 2.78. The second-order valence-corrected chi connectivity index (χ2v) is 5.94. The third kappa shape index (κ3) is 3.74. The number of hydrogen-bond donors (Lipinski definition) is 1. The molecule has 0 aliphatic rings. The molecular weight excluding hydrogens is 330 g/mol. The Morgan fingerprint density at radius 3 is 2.81 bits per heavy atom. The van der Waals surface area contributed by atoms with Gasteiger partial charge < -0.3 is 10.1 Å². The molecular formula is C20H21N3O3. The molecule has 6 nitrogen and oxygen atoms in total. The number of rotatable bonds is 6. The summed E-state index contributed by atoms with van der Waals surface area (Å²) in [7, 11) is 0. The van der Waals surface area contributed by atoms with Crippen molar-refractivity contribution in [1.29, 1.82) is 0 Å². The van der Waals surface area contributed by atoms with Gasteiger partial charge in [0, 0.05) is 13.0 Å². The van der Waals surface area contributed by atoms with Crippen molar-refractivity contribution in [2.75, 3.05) is 11.9 Å². The van der Waals surface area contributed by atoms with Gasteiger partial charge in [0.25, 0.3) is 5.56 Å². The lowest BCUT2D eigenvalue weighted by molar-refractivity contribution is -0.116. The summed E-state index contributed by atoms with van der Waals surface area (Å²) in [5.41, 5.74) is 2.14. The highest BCUT2D eigenvalue weighted by molar-refractivity contribution is 5.92. The molecule has 134 valence electrons. The Hall–Kier alpha value is -3.15. The maximum absolute atomic E-state index is 12.6. The highest BCUT2D eigenvalue weighted by atomic mass is 16.5. The number of carbonyl (C=O) groups is 1. The molecule has 0 radical (unpaired) electrons. The van der Waals surface area contributed by atoms with Crippen molar-refractivity contribution in [3.63, 3.8) is 0 Å². The zero-order chi connectivity index (χ0) is 18.5. The molecule has 0 bridgehead atoms. The van der Waals surface area contributed by atoms with E-state index in [9.17, 15) is 9.59 Å². The molecule has 1 heterocycles. The van der Waals surface area contributed by atoms with Crippen LogP contribution < -0.4 is 15.6 Å².